The van der Waals surface area contributed by atoms with Crippen LogP contribution in [0.15, 0.2) is 24.3 Å². The number of halogens is 1. The monoisotopic (exact) mass is 301 g/mol. The molecule has 1 aromatic rings. The Balaban J connectivity index is 2.14. The quantitative estimate of drug-likeness (QED) is 0.618. The number of nitrogens with one attached hydrogen (secondary N) is 1. The maximum absolute atomic E-state index is 9.80. The molecule has 5 heteroatoms. The zero-order valence-electron chi connectivity index (χ0n) is 11.9. The Labute approximate surface area is 125 Å². The van der Waals surface area contributed by atoms with Crippen molar-refractivity contribution < 1.29 is 14.9 Å². The Kier molecular flexibility index (Phi) is 8.82. The van der Waals surface area contributed by atoms with E-state index in [0.29, 0.717) is 18.2 Å². The molecule has 1 aromatic carbocycles. The molecule has 0 aliphatic carbocycles. The predicted octanol–water partition coefficient (Wildman–Crippen LogP) is 1.97. The minimum Gasteiger partial charge on any atom is -0.396 e. The fourth-order valence-corrected chi connectivity index (χ4v) is 2.01. The number of ether oxygens (including phenoxy) is 1. The molecule has 3 N–H and O–H groups in total. The maximum atomic E-state index is 9.80. The summed E-state index contributed by atoms with van der Waals surface area (Å²) < 4.78 is 5.46. The number of hydrogen-bond donors (Lipinski definition) is 3. The minimum absolute atomic E-state index is 0.204. The Hall–Kier alpha value is -0.650. The van der Waals surface area contributed by atoms with Gasteiger partial charge in [-0.3, -0.25) is 0 Å². The lowest BCUT2D eigenvalue weighted by Crippen LogP contribution is -2.36. The summed E-state index contributed by atoms with van der Waals surface area (Å²) >= 11 is 6.02. The van der Waals surface area contributed by atoms with Gasteiger partial charge in [-0.1, -0.05) is 29.8 Å². The average Bonchev–Trinajstić information content (AvgIpc) is 2.45. The molecule has 1 rings (SSSR count). The van der Waals surface area contributed by atoms with Crippen molar-refractivity contribution in [3.63, 3.8) is 0 Å². The fraction of sp³-hybridized carbons (Fsp3) is 0.600. The average molecular weight is 302 g/mol. The molecule has 0 aliphatic heterocycles. The van der Waals surface area contributed by atoms with Crippen LogP contribution in [0, 0.1) is 0 Å². The third-order valence-electron chi connectivity index (χ3n) is 3.02. The molecule has 0 saturated carbocycles. The Morgan fingerprint density at radius 2 is 2.10 bits per heavy atom. The zero-order valence-corrected chi connectivity index (χ0v) is 12.6. The molecule has 2 unspecified atom stereocenters. The molecule has 0 amide bonds. The molecule has 0 aliphatic rings. The first-order chi connectivity index (χ1) is 9.63. The second kappa shape index (κ2) is 10.1. The third kappa shape index (κ3) is 7.22. The van der Waals surface area contributed by atoms with Crippen molar-refractivity contribution >= 4 is 11.6 Å². The van der Waals surface area contributed by atoms with Crippen LogP contribution in [-0.2, 0) is 11.3 Å². The molecule has 2 atom stereocenters. The van der Waals surface area contributed by atoms with Gasteiger partial charge in [0.25, 0.3) is 0 Å². The van der Waals surface area contributed by atoms with Crippen LogP contribution in [0.2, 0.25) is 5.02 Å². The lowest BCUT2D eigenvalue weighted by molar-refractivity contribution is 0.0277. The second-order valence-electron chi connectivity index (χ2n) is 4.94. The molecular formula is C15H24ClNO3. The normalized spacial score (nSPS) is 14.2. The fourth-order valence-electron chi connectivity index (χ4n) is 1.82. The van der Waals surface area contributed by atoms with E-state index in [1.54, 1.807) is 0 Å². The van der Waals surface area contributed by atoms with Gasteiger partial charge in [0.15, 0.2) is 0 Å². The van der Waals surface area contributed by atoms with Crippen LogP contribution >= 0.6 is 11.6 Å². The highest BCUT2D eigenvalue weighted by Crippen LogP contribution is 2.15. The van der Waals surface area contributed by atoms with Gasteiger partial charge in [-0.25, -0.2) is 0 Å². The van der Waals surface area contributed by atoms with Crippen molar-refractivity contribution in [2.75, 3.05) is 19.8 Å². The number of aliphatic hydroxyl groups is 2. The molecule has 0 radical (unpaired) electrons. The Bertz CT molecular complexity index is 376. The van der Waals surface area contributed by atoms with Crippen LogP contribution < -0.4 is 5.32 Å². The van der Waals surface area contributed by atoms with Crippen molar-refractivity contribution in [2.24, 2.45) is 0 Å². The Morgan fingerprint density at radius 3 is 2.80 bits per heavy atom. The van der Waals surface area contributed by atoms with Gasteiger partial charge in [0.2, 0.25) is 0 Å². The molecule has 4 nitrogen and oxygen atoms in total. The summed E-state index contributed by atoms with van der Waals surface area (Å²) in [6.45, 7) is 3.39. The summed E-state index contributed by atoms with van der Waals surface area (Å²) in [5.74, 6) is 0. The lowest BCUT2D eigenvalue weighted by Gasteiger charge is -2.17. The van der Waals surface area contributed by atoms with E-state index in [-0.39, 0.29) is 19.3 Å². The van der Waals surface area contributed by atoms with Crippen molar-refractivity contribution in [1.82, 2.24) is 5.32 Å². The van der Waals surface area contributed by atoms with Gasteiger partial charge in [0, 0.05) is 24.2 Å². The summed E-state index contributed by atoms with van der Waals surface area (Å²) in [6, 6.07) is 7.79. The molecule has 0 fully saturated rings. The van der Waals surface area contributed by atoms with Crippen LogP contribution in [0.25, 0.3) is 0 Å². The standard InChI is InChI=1S/C15H24ClNO3/c1-12(5-4-8-18)17-9-14(19)11-20-10-13-6-2-3-7-15(13)16/h2-3,6-7,12,14,17-19H,4-5,8-11H2,1H3. The van der Waals surface area contributed by atoms with Gasteiger partial charge >= 0.3 is 0 Å². The highest BCUT2D eigenvalue weighted by molar-refractivity contribution is 6.31. The summed E-state index contributed by atoms with van der Waals surface area (Å²) in [4.78, 5) is 0. The first-order valence-electron chi connectivity index (χ1n) is 6.97. The molecule has 0 saturated heterocycles. The second-order valence-corrected chi connectivity index (χ2v) is 5.34. The van der Waals surface area contributed by atoms with Gasteiger partial charge in [-0.2, -0.15) is 0 Å². The largest absolute Gasteiger partial charge is 0.396 e. The summed E-state index contributed by atoms with van der Waals surface area (Å²) in [6.07, 6.45) is 1.12. The highest BCUT2D eigenvalue weighted by Gasteiger charge is 2.08. The van der Waals surface area contributed by atoms with E-state index in [1.165, 1.54) is 0 Å². The SMILES string of the molecule is CC(CCCO)NCC(O)COCc1ccccc1Cl. The van der Waals surface area contributed by atoms with Crippen LogP contribution in [-0.4, -0.2) is 42.1 Å². The van der Waals surface area contributed by atoms with E-state index in [1.807, 2.05) is 31.2 Å². The van der Waals surface area contributed by atoms with Crippen LogP contribution in [0.4, 0.5) is 0 Å². The summed E-state index contributed by atoms with van der Waals surface area (Å²) in [5, 5.41) is 22.4. The van der Waals surface area contributed by atoms with Crippen molar-refractivity contribution in [1.29, 1.82) is 0 Å². The Morgan fingerprint density at radius 1 is 1.35 bits per heavy atom. The first-order valence-corrected chi connectivity index (χ1v) is 7.34. The number of aliphatic hydroxyl groups excluding tert-OH is 2. The van der Waals surface area contributed by atoms with E-state index < -0.39 is 6.10 Å². The third-order valence-corrected chi connectivity index (χ3v) is 3.39. The number of benzene rings is 1. The molecule has 20 heavy (non-hydrogen) atoms. The van der Waals surface area contributed by atoms with E-state index in [9.17, 15) is 5.11 Å². The molecule has 0 aromatic heterocycles. The van der Waals surface area contributed by atoms with Crippen molar-refractivity contribution in [3.05, 3.63) is 34.9 Å². The van der Waals surface area contributed by atoms with Crippen LogP contribution in [0.3, 0.4) is 0 Å². The first kappa shape index (κ1) is 17.4. The van der Waals surface area contributed by atoms with E-state index in [0.717, 1.165) is 18.4 Å². The van der Waals surface area contributed by atoms with E-state index >= 15 is 0 Å². The lowest BCUT2D eigenvalue weighted by atomic mass is 10.2. The van der Waals surface area contributed by atoms with Gasteiger partial charge in [0.05, 0.1) is 19.3 Å². The number of hydrogen-bond acceptors (Lipinski definition) is 4. The highest BCUT2D eigenvalue weighted by atomic mass is 35.5. The minimum atomic E-state index is -0.547. The van der Waals surface area contributed by atoms with E-state index in [2.05, 4.69) is 5.32 Å². The molecule has 0 bridgehead atoms. The zero-order chi connectivity index (χ0) is 14.8. The molecule has 0 heterocycles. The number of rotatable bonds is 10. The maximum Gasteiger partial charge on any atom is 0.0897 e. The molecule has 114 valence electrons. The van der Waals surface area contributed by atoms with Crippen LogP contribution in [0.1, 0.15) is 25.3 Å². The van der Waals surface area contributed by atoms with Gasteiger partial charge in [0.1, 0.15) is 0 Å². The van der Waals surface area contributed by atoms with Crippen molar-refractivity contribution in [3.8, 4) is 0 Å². The summed E-state index contributed by atoms with van der Waals surface area (Å²) in [7, 11) is 0. The van der Waals surface area contributed by atoms with Gasteiger partial charge in [-0.05, 0) is 31.4 Å². The van der Waals surface area contributed by atoms with E-state index in [4.69, 9.17) is 21.4 Å². The van der Waals surface area contributed by atoms with Crippen LogP contribution in [0.5, 0.6) is 0 Å². The smallest absolute Gasteiger partial charge is 0.0897 e. The van der Waals surface area contributed by atoms with Crippen molar-refractivity contribution in [2.45, 2.75) is 38.5 Å². The predicted molar refractivity (Wildman–Crippen MR) is 80.9 cm³/mol. The topological polar surface area (TPSA) is 61.7 Å². The van der Waals surface area contributed by atoms with Gasteiger partial charge < -0.3 is 20.3 Å². The summed E-state index contributed by atoms with van der Waals surface area (Å²) in [5.41, 5.74) is 0.922. The van der Waals surface area contributed by atoms with Gasteiger partial charge in [-0.15, -0.1) is 0 Å². The molecule has 0 spiro atoms. The molecular weight excluding hydrogens is 278 g/mol.